The molecule has 1 aromatic rings. The lowest BCUT2D eigenvalue weighted by Crippen LogP contribution is -2.32. The number of nitrogens with one attached hydrogen (secondary N) is 1. The maximum Gasteiger partial charge on any atom is 0.414 e. The summed E-state index contributed by atoms with van der Waals surface area (Å²) in [5, 5.41) is 12.4. The molecule has 5 nitrogen and oxygen atoms in total. The maximum absolute atomic E-state index is 11.5. The van der Waals surface area contributed by atoms with E-state index >= 15 is 0 Å². The molecule has 0 saturated carbocycles. The molecule has 0 aromatic heterocycles. The molecule has 104 valence electrons. The van der Waals surface area contributed by atoms with Crippen LogP contribution in [-0.4, -0.2) is 37.0 Å². The number of cyclic esters (lactones) is 1. The SMILES string of the molecule is CC(N[C@H](C)CO)c1cccc(N2CCOC2=O)c1. The Morgan fingerprint density at radius 1 is 1.47 bits per heavy atom. The van der Waals surface area contributed by atoms with Crippen LogP contribution in [0.2, 0.25) is 0 Å². The second-order valence-electron chi connectivity index (χ2n) is 4.83. The molecule has 2 N–H and O–H groups in total. The monoisotopic (exact) mass is 264 g/mol. The summed E-state index contributed by atoms with van der Waals surface area (Å²) < 4.78 is 4.94. The average molecular weight is 264 g/mol. The number of benzene rings is 1. The van der Waals surface area contributed by atoms with E-state index in [-0.39, 0.29) is 24.8 Å². The first kappa shape index (κ1) is 13.8. The van der Waals surface area contributed by atoms with Gasteiger partial charge in [-0.25, -0.2) is 4.79 Å². The highest BCUT2D eigenvalue weighted by Gasteiger charge is 2.23. The van der Waals surface area contributed by atoms with Gasteiger partial charge in [0.2, 0.25) is 0 Å². The van der Waals surface area contributed by atoms with Gasteiger partial charge in [0.25, 0.3) is 0 Å². The zero-order valence-corrected chi connectivity index (χ0v) is 11.3. The molecule has 1 aliphatic rings. The van der Waals surface area contributed by atoms with Crippen molar-refractivity contribution in [2.45, 2.75) is 25.9 Å². The van der Waals surface area contributed by atoms with Gasteiger partial charge >= 0.3 is 6.09 Å². The van der Waals surface area contributed by atoms with Crippen LogP contribution in [0.4, 0.5) is 10.5 Å². The van der Waals surface area contributed by atoms with Gasteiger partial charge in [0.05, 0.1) is 13.2 Å². The molecule has 1 fully saturated rings. The molecular formula is C14H20N2O3. The van der Waals surface area contributed by atoms with Gasteiger partial charge in [0.1, 0.15) is 6.61 Å². The molecular weight excluding hydrogens is 244 g/mol. The summed E-state index contributed by atoms with van der Waals surface area (Å²) in [6, 6.07) is 7.97. The van der Waals surface area contributed by atoms with Crippen LogP contribution in [0.3, 0.4) is 0 Å². The van der Waals surface area contributed by atoms with Gasteiger partial charge < -0.3 is 15.2 Å². The molecule has 19 heavy (non-hydrogen) atoms. The van der Waals surface area contributed by atoms with Crippen LogP contribution in [0.15, 0.2) is 24.3 Å². The quantitative estimate of drug-likeness (QED) is 0.849. The van der Waals surface area contributed by atoms with E-state index in [1.165, 1.54) is 0 Å². The lowest BCUT2D eigenvalue weighted by atomic mass is 10.1. The van der Waals surface area contributed by atoms with Gasteiger partial charge in [-0.15, -0.1) is 0 Å². The molecule has 5 heteroatoms. The van der Waals surface area contributed by atoms with E-state index in [0.717, 1.165) is 11.3 Å². The summed E-state index contributed by atoms with van der Waals surface area (Å²) in [4.78, 5) is 13.2. The van der Waals surface area contributed by atoms with Crippen molar-refractivity contribution in [1.29, 1.82) is 0 Å². The summed E-state index contributed by atoms with van der Waals surface area (Å²) >= 11 is 0. The molecule has 0 spiro atoms. The van der Waals surface area contributed by atoms with E-state index in [2.05, 4.69) is 5.32 Å². The van der Waals surface area contributed by atoms with Crippen LogP contribution in [0.5, 0.6) is 0 Å². The standard InChI is InChI=1S/C14H20N2O3/c1-10(9-17)15-11(2)12-4-3-5-13(8-12)16-6-7-19-14(16)18/h3-5,8,10-11,15,17H,6-7,9H2,1-2H3/t10-,11?/m1/s1. The number of hydrogen-bond acceptors (Lipinski definition) is 4. The van der Waals surface area contributed by atoms with Gasteiger partial charge in [-0.1, -0.05) is 12.1 Å². The molecule has 2 atom stereocenters. The minimum atomic E-state index is -0.290. The van der Waals surface area contributed by atoms with Crippen LogP contribution >= 0.6 is 0 Å². The van der Waals surface area contributed by atoms with E-state index in [0.29, 0.717) is 13.2 Å². The molecule has 1 aliphatic heterocycles. The van der Waals surface area contributed by atoms with Crippen molar-refractivity contribution >= 4 is 11.8 Å². The number of anilines is 1. The summed E-state index contributed by atoms with van der Waals surface area (Å²) in [7, 11) is 0. The number of carbonyl (C=O) groups is 1. The van der Waals surface area contributed by atoms with E-state index in [1.807, 2.05) is 38.1 Å². The van der Waals surface area contributed by atoms with Crippen LogP contribution in [0.25, 0.3) is 0 Å². The molecule has 0 aliphatic carbocycles. The highest BCUT2D eigenvalue weighted by molar-refractivity contribution is 5.89. The first-order chi connectivity index (χ1) is 9.11. The van der Waals surface area contributed by atoms with Crippen molar-refractivity contribution in [3.63, 3.8) is 0 Å². The molecule has 0 radical (unpaired) electrons. The number of ether oxygens (including phenoxy) is 1. The zero-order valence-electron chi connectivity index (χ0n) is 11.3. The minimum absolute atomic E-state index is 0.0374. The molecule has 1 heterocycles. The Morgan fingerprint density at radius 3 is 2.89 bits per heavy atom. The van der Waals surface area contributed by atoms with Crippen molar-refractivity contribution in [2.75, 3.05) is 24.7 Å². The maximum atomic E-state index is 11.5. The Morgan fingerprint density at radius 2 is 2.26 bits per heavy atom. The first-order valence-electron chi connectivity index (χ1n) is 6.53. The average Bonchev–Trinajstić information content (AvgIpc) is 2.85. The summed E-state index contributed by atoms with van der Waals surface area (Å²) in [6.45, 7) is 5.10. The molecule has 0 bridgehead atoms. The topological polar surface area (TPSA) is 61.8 Å². The van der Waals surface area contributed by atoms with Gasteiger partial charge in [-0.3, -0.25) is 4.90 Å². The van der Waals surface area contributed by atoms with Crippen molar-refractivity contribution in [1.82, 2.24) is 5.32 Å². The van der Waals surface area contributed by atoms with E-state index in [4.69, 9.17) is 9.84 Å². The fourth-order valence-corrected chi connectivity index (χ4v) is 2.17. The molecule has 1 amide bonds. The second-order valence-corrected chi connectivity index (χ2v) is 4.83. The Kier molecular flexibility index (Phi) is 4.39. The number of nitrogens with zero attached hydrogens (tertiary/aromatic N) is 1. The Bertz CT molecular complexity index is 450. The number of hydrogen-bond donors (Lipinski definition) is 2. The largest absolute Gasteiger partial charge is 0.447 e. The number of aliphatic hydroxyl groups excluding tert-OH is 1. The molecule has 1 aromatic carbocycles. The van der Waals surface area contributed by atoms with E-state index in [9.17, 15) is 4.79 Å². The van der Waals surface area contributed by atoms with Crippen molar-refractivity contribution in [3.8, 4) is 0 Å². The predicted molar refractivity (Wildman–Crippen MR) is 73.2 cm³/mol. The fraction of sp³-hybridized carbons (Fsp3) is 0.500. The third-order valence-electron chi connectivity index (χ3n) is 3.25. The van der Waals surface area contributed by atoms with Crippen molar-refractivity contribution in [2.24, 2.45) is 0 Å². The van der Waals surface area contributed by atoms with Gasteiger partial charge in [0.15, 0.2) is 0 Å². The van der Waals surface area contributed by atoms with E-state index < -0.39 is 0 Å². The van der Waals surface area contributed by atoms with Crippen molar-refractivity contribution in [3.05, 3.63) is 29.8 Å². The first-order valence-corrected chi connectivity index (χ1v) is 6.53. The Hall–Kier alpha value is -1.59. The third-order valence-corrected chi connectivity index (χ3v) is 3.25. The molecule has 1 unspecified atom stereocenters. The number of carbonyl (C=O) groups excluding carboxylic acids is 1. The van der Waals surface area contributed by atoms with Crippen LogP contribution in [-0.2, 0) is 4.74 Å². The van der Waals surface area contributed by atoms with Gasteiger partial charge in [-0.2, -0.15) is 0 Å². The lowest BCUT2D eigenvalue weighted by Gasteiger charge is -2.20. The third kappa shape index (κ3) is 3.24. The summed E-state index contributed by atoms with van der Waals surface area (Å²) in [6.07, 6.45) is -0.290. The van der Waals surface area contributed by atoms with Crippen LogP contribution < -0.4 is 10.2 Å². The van der Waals surface area contributed by atoms with E-state index in [1.54, 1.807) is 4.90 Å². The van der Waals surface area contributed by atoms with Crippen LogP contribution in [0.1, 0.15) is 25.5 Å². The normalized spacial score (nSPS) is 18.3. The highest BCUT2D eigenvalue weighted by Crippen LogP contribution is 2.23. The lowest BCUT2D eigenvalue weighted by molar-refractivity contribution is 0.181. The summed E-state index contributed by atoms with van der Waals surface area (Å²) in [5.41, 5.74) is 1.93. The number of rotatable bonds is 5. The second kappa shape index (κ2) is 6.04. The number of amides is 1. The van der Waals surface area contributed by atoms with Gasteiger partial charge in [-0.05, 0) is 31.5 Å². The molecule has 1 saturated heterocycles. The fourth-order valence-electron chi connectivity index (χ4n) is 2.17. The Labute approximate surface area is 113 Å². The minimum Gasteiger partial charge on any atom is -0.447 e. The predicted octanol–water partition coefficient (Wildman–Crippen LogP) is 1.67. The summed E-state index contributed by atoms with van der Waals surface area (Å²) in [5.74, 6) is 0. The smallest absolute Gasteiger partial charge is 0.414 e. The Balaban J connectivity index is 2.12. The molecule has 2 rings (SSSR count). The van der Waals surface area contributed by atoms with Crippen molar-refractivity contribution < 1.29 is 14.6 Å². The van der Waals surface area contributed by atoms with Gasteiger partial charge in [0, 0.05) is 17.8 Å². The highest BCUT2D eigenvalue weighted by atomic mass is 16.6. The zero-order chi connectivity index (χ0) is 13.8. The number of aliphatic hydroxyl groups is 1. The van der Waals surface area contributed by atoms with Crippen LogP contribution in [0, 0.1) is 0 Å².